The standard InChI is InChI=1S/C31H25Cl2FN4O4/c1-16-10-17(2)21(11-18(16)15-42-28-9-7-20(34)13-23(28)33)29-22(14-35)31(36)37(25-4-3-5-27(39)30(25)29)24-8-6-19(32)12-26(24)38(40)41/h6-13,29H,3-5,15,36H2,1-2H3. The molecule has 1 aliphatic carbocycles. The van der Waals surface area contributed by atoms with Gasteiger partial charge in [-0.15, -0.1) is 0 Å². The molecule has 5 rings (SSSR count). The summed E-state index contributed by atoms with van der Waals surface area (Å²) < 4.78 is 19.4. The molecule has 214 valence electrons. The number of allylic oxidation sites excluding steroid dienone is 3. The van der Waals surface area contributed by atoms with Gasteiger partial charge in [-0.25, -0.2) is 4.39 Å². The lowest BCUT2D eigenvalue weighted by molar-refractivity contribution is -0.384. The number of anilines is 1. The molecule has 3 aromatic rings. The number of benzene rings is 3. The topological polar surface area (TPSA) is 122 Å². The molecule has 11 heteroatoms. The minimum Gasteiger partial charge on any atom is -0.487 e. The van der Waals surface area contributed by atoms with Crippen molar-refractivity contribution in [3.63, 3.8) is 0 Å². The Labute approximate surface area is 251 Å². The van der Waals surface area contributed by atoms with Gasteiger partial charge < -0.3 is 10.5 Å². The van der Waals surface area contributed by atoms with Crippen molar-refractivity contribution in [2.75, 3.05) is 4.90 Å². The van der Waals surface area contributed by atoms with Crippen LogP contribution in [0.15, 0.2) is 71.2 Å². The number of nitriles is 1. The van der Waals surface area contributed by atoms with Crippen LogP contribution in [-0.2, 0) is 11.4 Å². The van der Waals surface area contributed by atoms with Crippen molar-refractivity contribution in [3.8, 4) is 11.8 Å². The van der Waals surface area contributed by atoms with Crippen LogP contribution >= 0.6 is 23.2 Å². The van der Waals surface area contributed by atoms with Crippen LogP contribution in [-0.4, -0.2) is 10.7 Å². The first-order valence-corrected chi connectivity index (χ1v) is 13.8. The van der Waals surface area contributed by atoms with Gasteiger partial charge in [-0.2, -0.15) is 5.26 Å². The molecule has 2 N–H and O–H groups in total. The third-order valence-corrected chi connectivity index (χ3v) is 8.13. The molecule has 0 radical (unpaired) electrons. The number of carbonyl (C=O) groups excluding carboxylic acids is 1. The second-order valence-corrected chi connectivity index (χ2v) is 11.0. The second kappa shape index (κ2) is 11.5. The molecule has 0 fully saturated rings. The molecule has 0 saturated heterocycles. The van der Waals surface area contributed by atoms with Crippen molar-refractivity contribution < 1.29 is 18.8 Å². The van der Waals surface area contributed by atoms with Crippen molar-refractivity contribution in [1.29, 1.82) is 5.26 Å². The summed E-state index contributed by atoms with van der Waals surface area (Å²) in [5.41, 5.74) is 10.7. The summed E-state index contributed by atoms with van der Waals surface area (Å²) >= 11 is 12.2. The number of nitrogens with two attached hydrogens (primary N) is 1. The third-order valence-electron chi connectivity index (χ3n) is 7.60. The minimum absolute atomic E-state index is 0.0113. The van der Waals surface area contributed by atoms with Crippen molar-refractivity contribution in [2.45, 2.75) is 45.6 Å². The van der Waals surface area contributed by atoms with E-state index in [1.807, 2.05) is 26.0 Å². The Hall–Kier alpha value is -4.39. The van der Waals surface area contributed by atoms with Gasteiger partial charge in [-0.05, 0) is 79.3 Å². The van der Waals surface area contributed by atoms with Gasteiger partial charge in [0.2, 0.25) is 0 Å². The summed E-state index contributed by atoms with van der Waals surface area (Å²) in [7, 11) is 0. The number of nitro benzene ring substituents is 1. The number of nitrogens with zero attached hydrogens (tertiary/aromatic N) is 3. The lowest BCUT2D eigenvalue weighted by Gasteiger charge is -2.39. The SMILES string of the molecule is Cc1cc(C)c(C2C(C#N)=C(N)N(c3ccc(Cl)cc3[N+](=O)[O-])C3=C2C(=O)CCC3)cc1COc1ccc(F)cc1Cl. The van der Waals surface area contributed by atoms with E-state index in [1.54, 1.807) is 0 Å². The van der Waals surface area contributed by atoms with Crippen LogP contribution in [0.5, 0.6) is 5.75 Å². The molecule has 1 heterocycles. The van der Waals surface area contributed by atoms with Gasteiger partial charge in [-0.3, -0.25) is 19.8 Å². The Balaban J connectivity index is 1.65. The van der Waals surface area contributed by atoms with Crippen molar-refractivity contribution in [3.05, 3.63) is 119 Å². The second-order valence-electron chi connectivity index (χ2n) is 10.2. The number of hydrogen-bond acceptors (Lipinski definition) is 7. The van der Waals surface area contributed by atoms with Gasteiger partial charge in [0.1, 0.15) is 29.7 Å². The molecule has 1 aliphatic heterocycles. The van der Waals surface area contributed by atoms with Crippen LogP contribution in [0.1, 0.15) is 47.4 Å². The summed E-state index contributed by atoms with van der Waals surface area (Å²) in [4.78, 5) is 26.5. The van der Waals surface area contributed by atoms with Gasteiger partial charge in [0, 0.05) is 28.8 Å². The Morgan fingerprint density at radius 1 is 1.14 bits per heavy atom. The van der Waals surface area contributed by atoms with Crippen LogP contribution in [0.25, 0.3) is 0 Å². The lowest BCUT2D eigenvalue weighted by atomic mass is 9.74. The van der Waals surface area contributed by atoms with Crippen molar-refractivity contribution in [1.82, 2.24) is 0 Å². The molecule has 1 atom stereocenters. The lowest BCUT2D eigenvalue weighted by Crippen LogP contribution is -2.39. The molecule has 42 heavy (non-hydrogen) atoms. The highest BCUT2D eigenvalue weighted by Gasteiger charge is 2.42. The Morgan fingerprint density at radius 2 is 1.90 bits per heavy atom. The third kappa shape index (κ3) is 5.20. The number of carbonyl (C=O) groups is 1. The first-order chi connectivity index (χ1) is 20.0. The smallest absolute Gasteiger partial charge is 0.294 e. The zero-order valence-corrected chi connectivity index (χ0v) is 24.2. The normalized spacial score (nSPS) is 16.8. The molecular weight excluding hydrogens is 582 g/mol. The van der Waals surface area contributed by atoms with E-state index in [0.717, 1.165) is 16.7 Å². The first-order valence-electron chi connectivity index (χ1n) is 13.1. The number of Topliss-reactive ketones (excluding diaryl/α,β-unsaturated/α-hetero) is 1. The maximum absolute atomic E-state index is 13.6. The van der Waals surface area contributed by atoms with E-state index in [9.17, 15) is 24.6 Å². The summed E-state index contributed by atoms with van der Waals surface area (Å²) in [6.45, 7) is 3.90. The summed E-state index contributed by atoms with van der Waals surface area (Å²) in [5, 5.41) is 22.7. The van der Waals surface area contributed by atoms with Crippen LogP contribution in [0.4, 0.5) is 15.8 Å². The van der Waals surface area contributed by atoms with Crippen molar-refractivity contribution >= 4 is 40.4 Å². The molecule has 0 bridgehead atoms. The molecule has 3 aromatic carbocycles. The largest absolute Gasteiger partial charge is 0.487 e. The van der Waals surface area contributed by atoms with E-state index in [-0.39, 0.29) is 51.6 Å². The summed E-state index contributed by atoms with van der Waals surface area (Å²) in [6, 6.07) is 14.1. The molecule has 8 nitrogen and oxygen atoms in total. The van der Waals surface area contributed by atoms with E-state index in [2.05, 4.69) is 6.07 Å². The fourth-order valence-corrected chi connectivity index (χ4v) is 6.02. The zero-order chi connectivity index (χ0) is 30.3. The van der Waals surface area contributed by atoms with E-state index < -0.39 is 16.7 Å². The van der Waals surface area contributed by atoms with Crippen LogP contribution in [0.2, 0.25) is 10.0 Å². The van der Waals surface area contributed by atoms with E-state index in [0.29, 0.717) is 35.4 Å². The number of halogens is 3. The predicted octanol–water partition coefficient (Wildman–Crippen LogP) is 7.54. The van der Waals surface area contributed by atoms with Gasteiger partial charge in [-0.1, -0.05) is 35.3 Å². The van der Waals surface area contributed by atoms with E-state index in [1.165, 1.54) is 41.3 Å². The monoisotopic (exact) mass is 606 g/mol. The van der Waals surface area contributed by atoms with Gasteiger partial charge in [0.15, 0.2) is 5.78 Å². The number of ketones is 1. The maximum atomic E-state index is 13.6. The average Bonchev–Trinajstić information content (AvgIpc) is 2.93. The molecule has 1 unspecified atom stereocenters. The Bertz CT molecular complexity index is 1760. The fourth-order valence-electron chi connectivity index (χ4n) is 5.63. The number of ether oxygens (including phenoxy) is 1. The Morgan fingerprint density at radius 3 is 2.60 bits per heavy atom. The minimum atomic E-state index is -0.783. The van der Waals surface area contributed by atoms with Crippen LogP contribution in [0.3, 0.4) is 0 Å². The molecule has 0 amide bonds. The van der Waals surface area contributed by atoms with Gasteiger partial charge >= 0.3 is 0 Å². The average molecular weight is 607 g/mol. The highest BCUT2D eigenvalue weighted by atomic mass is 35.5. The van der Waals surface area contributed by atoms with E-state index in [4.69, 9.17) is 33.7 Å². The molecule has 0 saturated carbocycles. The number of hydrogen-bond donors (Lipinski definition) is 1. The Kier molecular flexibility index (Phi) is 7.95. The van der Waals surface area contributed by atoms with Gasteiger partial charge in [0.25, 0.3) is 5.69 Å². The number of aryl methyl sites for hydroxylation is 2. The summed E-state index contributed by atoms with van der Waals surface area (Å²) in [5.74, 6) is -1.09. The molecule has 0 spiro atoms. The number of rotatable bonds is 6. The molecule has 2 aliphatic rings. The molecular formula is C31H25Cl2FN4O4. The highest BCUT2D eigenvalue weighted by molar-refractivity contribution is 6.32. The van der Waals surface area contributed by atoms with Crippen LogP contribution < -0.4 is 15.4 Å². The highest BCUT2D eigenvalue weighted by Crippen LogP contribution is 2.49. The van der Waals surface area contributed by atoms with Gasteiger partial charge in [0.05, 0.1) is 27.5 Å². The van der Waals surface area contributed by atoms with Crippen molar-refractivity contribution in [2.24, 2.45) is 5.73 Å². The maximum Gasteiger partial charge on any atom is 0.294 e. The fraction of sp³-hybridized carbons (Fsp3) is 0.226. The zero-order valence-electron chi connectivity index (χ0n) is 22.7. The van der Waals surface area contributed by atoms with Crippen LogP contribution in [0, 0.1) is 41.1 Å². The number of nitro groups is 1. The predicted molar refractivity (Wildman–Crippen MR) is 158 cm³/mol. The summed E-state index contributed by atoms with van der Waals surface area (Å²) in [6.07, 6.45) is 1.23. The first kappa shape index (κ1) is 29.1. The van der Waals surface area contributed by atoms with E-state index >= 15 is 0 Å². The molecule has 0 aromatic heterocycles. The quantitative estimate of drug-likeness (QED) is 0.227.